The third-order valence-corrected chi connectivity index (χ3v) is 4.11. The molecule has 2 aliphatic rings. The monoisotopic (exact) mass is 241 g/mol. The van der Waals surface area contributed by atoms with E-state index >= 15 is 0 Å². The molecule has 1 heterocycles. The maximum absolute atomic E-state index is 5.94. The van der Waals surface area contributed by atoms with Crippen molar-refractivity contribution >= 4 is 0 Å². The summed E-state index contributed by atoms with van der Waals surface area (Å²) in [4.78, 5) is 0. The van der Waals surface area contributed by atoms with Gasteiger partial charge in [-0.25, -0.2) is 0 Å². The van der Waals surface area contributed by atoms with Crippen molar-refractivity contribution in [3.05, 3.63) is 0 Å². The van der Waals surface area contributed by atoms with Crippen LogP contribution >= 0.6 is 0 Å². The lowest BCUT2D eigenvalue weighted by atomic mass is 9.74. The molecule has 100 valence electrons. The molecule has 3 nitrogen and oxygen atoms in total. The van der Waals surface area contributed by atoms with E-state index < -0.39 is 0 Å². The van der Waals surface area contributed by atoms with Crippen LogP contribution in [0.1, 0.15) is 52.9 Å². The summed E-state index contributed by atoms with van der Waals surface area (Å²) in [6.07, 6.45) is 6.20. The summed E-state index contributed by atoms with van der Waals surface area (Å²) < 4.78 is 11.7. The fraction of sp³-hybridized carbons (Fsp3) is 1.00. The van der Waals surface area contributed by atoms with Crippen molar-refractivity contribution in [1.29, 1.82) is 0 Å². The van der Waals surface area contributed by atoms with Gasteiger partial charge in [0.1, 0.15) is 0 Å². The van der Waals surface area contributed by atoms with Gasteiger partial charge in [0.2, 0.25) is 0 Å². The third-order valence-electron chi connectivity index (χ3n) is 4.11. The minimum Gasteiger partial charge on any atom is -0.375 e. The standard InChI is InChI=1S/C14H27NO2/c1-4-16-13(2,3)11-15-12-6-9-17-14(10-12)7-5-8-14/h12,15H,4-11H2,1-3H3. The average molecular weight is 241 g/mol. The van der Waals surface area contributed by atoms with E-state index in [4.69, 9.17) is 9.47 Å². The molecule has 1 saturated heterocycles. The van der Waals surface area contributed by atoms with E-state index in [1.54, 1.807) is 0 Å². The molecule has 0 bridgehead atoms. The first kappa shape index (κ1) is 13.3. The molecule has 1 atom stereocenters. The molecule has 1 spiro atoms. The van der Waals surface area contributed by atoms with Gasteiger partial charge in [0.25, 0.3) is 0 Å². The predicted molar refractivity (Wildman–Crippen MR) is 69.3 cm³/mol. The Morgan fingerprint density at radius 3 is 2.76 bits per heavy atom. The highest BCUT2D eigenvalue weighted by molar-refractivity contribution is 4.96. The zero-order chi connectivity index (χ0) is 12.4. The Hall–Kier alpha value is -0.120. The summed E-state index contributed by atoms with van der Waals surface area (Å²) in [7, 11) is 0. The Labute approximate surface area is 105 Å². The number of ether oxygens (including phenoxy) is 2. The number of nitrogens with one attached hydrogen (secondary N) is 1. The SMILES string of the molecule is CCOC(C)(C)CNC1CCOC2(CCC2)C1. The molecule has 0 aromatic rings. The molecule has 1 saturated carbocycles. The summed E-state index contributed by atoms with van der Waals surface area (Å²) >= 11 is 0. The normalized spacial score (nSPS) is 28.1. The van der Waals surface area contributed by atoms with Gasteiger partial charge in [-0.3, -0.25) is 0 Å². The summed E-state index contributed by atoms with van der Waals surface area (Å²) in [6, 6.07) is 0.615. The zero-order valence-corrected chi connectivity index (χ0v) is 11.6. The van der Waals surface area contributed by atoms with Crippen molar-refractivity contribution in [1.82, 2.24) is 5.32 Å². The van der Waals surface area contributed by atoms with E-state index in [0.717, 1.165) is 26.2 Å². The molecule has 1 N–H and O–H groups in total. The zero-order valence-electron chi connectivity index (χ0n) is 11.6. The van der Waals surface area contributed by atoms with Gasteiger partial charge in [0, 0.05) is 25.8 Å². The van der Waals surface area contributed by atoms with Gasteiger partial charge < -0.3 is 14.8 Å². The van der Waals surface area contributed by atoms with Gasteiger partial charge in [0.05, 0.1) is 11.2 Å². The fourth-order valence-electron chi connectivity index (χ4n) is 2.95. The minimum atomic E-state index is -0.0557. The van der Waals surface area contributed by atoms with Crippen LogP contribution in [0.4, 0.5) is 0 Å². The van der Waals surface area contributed by atoms with Gasteiger partial charge in [-0.05, 0) is 52.9 Å². The van der Waals surface area contributed by atoms with E-state index in [1.807, 2.05) is 0 Å². The quantitative estimate of drug-likeness (QED) is 0.802. The van der Waals surface area contributed by atoms with Crippen molar-refractivity contribution in [3.63, 3.8) is 0 Å². The van der Waals surface area contributed by atoms with E-state index in [2.05, 4.69) is 26.1 Å². The van der Waals surface area contributed by atoms with Crippen molar-refractivity contribution in [2.75, 3.05) is 19.8 Å². The van der Waals surface area contributed by atoms with Crippen molar-refractivity contribution in [3.8, 4) is 0 Å². The molecular weight excluding hydrogens is 214 g/mol. The molecule has 0 aromatic heterocycles. The van der Waals surface area contributed by atoms with Crippen LogP contribution < -0.4 is 5.32 Å². The van der Waals surface area contributed by atoms with Crippen LogP contribution in [0.3, 0.4) is 0 Å². The van der Waals surface area contributed by atoms with Crippen LogP contribution in [0.15, 0.2) is 0 Å². The van der Waals surface area contributed by atoms with Crippen LogP contribution in [0.5, 0.6) is 0 Å². The van der Waals surface area contributed by atoms with Crippen molar-refractivity contribution in [2.45, 2.75) is 70.1 Å². The highest BCUT2D eigenvalue weighted by atomic mass is 16.5. The Morgan fingerprint density at radius 2 is 2.18 bits per heavy atom. The van der Waals surface area contributed by atoms with Crippen molar-refractivity contribution in [2.24, 2.45) is 0 Å². The molecular formula is C14H27NO2. The fourth-order valence-corrected chi connectivity index (χ4v) is 2.95. The van der Waals surface area contributed by atoms with Gasteiger partial charge in [0.15, 0.2) is 0 Å². The lowest BCUT2D eigenvalue weighted by Gasteiger charge is -2.47. The highest BCUT2D eigenvalue weighted by Gasteiger charge is 2.42. The van der Waals surface area contributed by atoms with Crippen LogP contribution in [-0.4, -0.2) is 37.0 Å². The third kappa shape index (κ3) is 3.43. The Balaban J connectivity index is 1.75. The molecule has 0 amide bonds. The second-order valence-electron chi connectivity index (χ2n) is 6.15. The van der Waals surface area contributed by atoms with Crippen molar-refractivity contribution < 1.29 is 9.47 Å². The first-order valence-electron chi connectivity index (χ1n) is 7.07. The molecule has 17 heavy (non-hydrogen) atoms. The summed E-state index contributed by atoms with van der Waals surface area (Å²) in [5.41, 5.74) is 0.186. The van der Waals surface area contributed by atoms with E-state index in [9.17, 15) is 0 Å². The van der Waals surface area contributed by atoms with E-state index in [1.165, 1.54) is 25.7 Å². The smallest absolute Gasteiger partial charge is 0.0750 e. The second kappa shape index (κ2) is 5.25. The first-order chi connectivity index (χ1) is 8.05. The van der Waals surface area contributed by atoms with Crippen LogP contribution in [0.2, 0.25) is 0 Å². The highest BCUT2D eigenvalue weighted by Crippen LogP contribution is 2.42. The molecule has 1 aliphatic carbocycles. The number of rotatable bonds is 5. The Kier molecular flexibility index (Phi) is 4.11. The van der Waals surface area contributed by atoms with E-state index in [0.29, 0.717) is 6.04 Å². The summed E-state index contributed by atoms with van der Waals surface area (Å²) in [6.45, 7) is 9.00. The lowest BCUT2D eigenvalue weighted by molar-refractivity contribution is -0.137. The predicted octanol–water partition coefficient (Wildman–Crippen LogP) is 2.49. The van der Waals surface area contributed by atoms with Gasteiger partial charge in [-0.1, -0.05) is 0 Å². The summed E-state index contributed by atoms with van der Waals surface area (Å²) in [5, 5.41) is 3.67. The maximum atomic E-state index is 5.94. The molecule has 1 aliphatic heterocycles. The van der Waals surface area contributed by atoms with Gasteiger partial charge >= 0.3 is 0 Å². The van der Waals surface area contributed by atoms with Crippen LogP contribution in [0, 0.1) is 0 Å². The second-order valence-corrected chi connectivity index (χ2v) is 6.15. The van der Waals surface area contributed by atoms with Gasteiger partial charge in [-0.2, -0.15) is 0 Å². The number of hydrogen-bond acceptors (Lipinski definition) is 3. The molecule has 0 aromatic carbocycles. The summed E-state index contributed by atoms with van der Waals surface area (Å²) in [5.74, 6) is 0. The Morgan fingerprint density at radius 1 is 1.41 bits per heavy atom. The minimum absolute atomic E-state index is 0.0557. The molecule has 1 unspecified atom stereocenters. The van der Waals surface area contributed by atoms with Crippen LogP contribution in [-0.2, 0) is 9.47 Å². The largest absolute Gasteiger partial charge is 0.375 e. The average Bonchev–Trinajstić information content (AvgIpc) is 2.25. The molecule has 3 heteroatoms. The molecule has 0 radical (unpaired) electrons. The van der Waals surface area contributed by atoms with Crippen LogP contribution in [0.25, 0.3) is 0 Å². The van der Waals surface area contributed by atoms with Gasteiger partial charge in [-0.15, -0.1) is 0 Å². The molecule has 2 rings (SSSR count). The van der Waals surface area contributed by atoms with E-state index in [-0.39, 0.29) is 11.2 Å². The Bertz CT molecular complexity index is 249. The lowest BCUT2D eigenvalue weighted by Crippen LogP contribution is -2.53. The molecule has 2 fully saturated rings. The first-order valence-corrected chi connectivity index (χ1v) is 7.07. The number of hydrogen-bond donors (Lipinski definition) is 1. The maximum Gasteiger partial charge on any atom is 0.0750 e. The topological polar surface area (TPSA) is 30.5 Å².